The van der Waals surface area contributed by atoms with Crippen LogP contribution in [0.15, 0.2) is 53.0 Å². The van der Waals surface area contributed by atoms with Gasteiger partial charge in [0.05, 0.1) is 0 Å². The molecule has 3 nitrogen and oxygen atoms in total. The minimum atomic E-state index is -1.84. The molecule has 24 heavy (non-hydrogen) atoms. The van der Waals surface area contributed by atoms with Crippen LogP contribution >= 0.6 is 15.9 Å². The van der Waals surface area contributed by atoms with Crippen LogP contribution in [0.2, 0.25) is 0 Å². The highest BCUT2D eigenvalue weighted by molar-refractivity contribution is 9.10. The number of hydrogen-bond donors (Lipinski definition) is 2. The maximum absolute atomic E-state index is 11.7. The van der Waals surface area contributed by atoms with E-state index in [0.29, 0.717) is 12.0 Å². The molecule has 1 unspecified atom stereocenters. The minimum Gasteiger partial charge on any atom is -0.479 e. The van der Waals surface area contributed by atoms with Crippen LogP contribution in [-0.2, 0) is 10.4 Å². The Kier molecular flexibility index (Phi) is 6.58. The van der Waals surface area contributed by atoms with Crippen molar-refractivity contribution in [3.05, 3.63) is 58.6 Å². The normalized spacial score (nSPS) is 13.5. The van der Waals surface area contributed by atoms with Crippen molar-refractivity contribution in [2.45, 2.75) is 44.6 Å². The number of hydrogen-bond acceptors (Lipinski definition) is 2. The van der Waals surface area contributed by atoms with Crippen molar-refractivity contribution in [1.29, 1.82) is 0 Å². The quantitative estimate of drug-likeness (QED) is 0.596. The van der Waals surface area contributed by atoms with Crippen LogP contribution in [0.3, 0.4) is 0 Å². The van der Waals surface area contributed by atoms with Gasteiger partial charge < -0.3 is 10.2 Å². The first kappa shape index (κ1) is 18.7. The average molecular weight is 391 g/mol. The first-order valence-electron chi connectivity index (χ1n) is 8.30. The monoisotopic (exact) mass is 390 g/mol. The third kappa shape index (κ3) is 4.25. The molecule has 128 valence electrons. The predicted molar refractivity (Wildman–Crippen MR) is 99.9 cm³/mol. The molecule has 0 spiro atoms. The third-order valence-corrected chi connectivity index (χ3v) is 4.93. The van der Waals surface area contributed by atoms with Crippen LogP contribution < -0.4 is 0 Å². The average Bonchev–Trinajstić information content (AvgIpc) is 2.59. The predicted octanol–water partition coefficient (Wildman–Crippen LogP) is 5.36. The fourth-order valence-electron chi connectivity index (χ4n) is 2.81. The van der Waals surface area contributed by atoms with E-state index in [1.807, 2.05) is 36.4 Å². The summed E-state index contributed by atoms with van der Waals surface area (Å²) in [4.78, 5) is 11.7. The van der Waals surface area contributed by atoms with Crippen LogP contribution in [0.4, 0.5) is 0 Å². The van der Waals surface area contributed by atoms with Crippen molar-refractivity contribution in [2.75, 3.05) is 0 Å². The molecule has 4 heteroatoms. The lowest BCUT2D eigenvalue weighted by molar-refractivity contribution is -0.160. The Labute approximate surface area is 151 Å². The molecule has 1 atom stereocenters. The highest BCUT2D eigenvalue weighted by Gasteiger charge is 2.37. The summed E-state index contributed by atoms with van der Waals surface area (Å²) >= 11 is 3.51. The number of halogens is 1. The van der Waals surface area contributed by atoms with Gasteiger partial charge in [-0.1, -0.05) is 84.6 Å². The minimum absolute atomic E-state index is 0.222. The summed E-state index contributed by atoms with van der Waals surface area (Å²) in [6.45, 7) is 2.10. The second kappa shape index (κ2) is 8.45. The largest absolute Gasteiger partial charge is 0.479 e. The Balaban J connectivity index is 2.28. The molecule has 0 radical (unpaired) electrons. The first-order chi connectivity index (χ1) is 11.5. The molecule has 0 saturated carbocycles. The fraction of sp³-hybridized carbons (Fsp3) is 0.350. The standard InChI is InChI=1S/C20H23BrO3/c1-2-3-4-8-13-20(24,19(22)23)16-11-12-17(18(21)14-16)15-9-6-5-7-10-15/h5-7,9-12,14,24H,2-4,8,13H2,1H3,(H,22,23). The highest BCUT2D eigenvalue weighted by Crippen LogP contribution is 2.35. The number of carbonyl (C=O) groups is 1. The van der Waals surface area contributed by atoms with Gasteiger partial charge in [-0.05, 0) is 35.6 Å². The summed E-state index contributed by atoms with van der Waals surface area (Å²) in [6.07, 6.45) is 3.96. The summed E-state index contributed by atoms with van der Waals surface area (Å²) in [5.41, 5.74) is 0.583. The van der Waals surface area contributed by atoms with Crippen molar-refractivity contribution >= 4 is 21.9 Å². The van der Waals surface area contributed by atoms with Crippen LogP contribution in [0.5, 0.6) is 0 Å². The van der Waals surface area contributed by atoms with Gasteiger partial charge in [-0.2, -0.15) is 0 Å². The fourth-order valence-corrected chi connectivity index (χ4v) is 3.41. The summed E-state index contributed by atoms with van der Waals surface area (Å²) in [5.74, 6) is -1.20. The van der Waals surface area contributed by atoms with Gasteiger partial charge in [0.1, 0.15) is 0 Å². The van der Waals surface area contributed by atoms with E-state index in [1.54, 1.807) is 12.1 Å². The summed E-state index contributed by atoms with van der Waals surface area (Å²) < 4.78 is 0.777. The Hall–Kier alpha value is -1.65. The van der Waals surface area contributed by atoms with E-state index < -0.39 is 11.6 Å². The SMILES string of the molecule is CCCCCCC(O)(C(=O)O)c1ccc(-c2ccccc2)c(Br)c1. The summed E-state index contributed by atoms with van der Waals surface area (Å²) in [5, 5.41) is 20.3. The Bertz CT molecular complexity index is 685. The highest BCUT2D eigenvalue weighted by atomic mass is 79.9. The van der Waals surface area contributed by atoms with Gasteiger partial charge in [0.25, 0.3) is 0 Å². The molecule has 0 aliphatic heterocycles. The Morgan fingerprint density at radius 1 is 1.08 bits per heavy atom. The molecule has 0 heterocycles. The number of carboxylic acids is 1. The van der Waals surface area contributed by atoms with E-state index in [0.717, 1.165) is 34.9 Å². The van der Waals surface area contributed by atoms with Gasteiger partial charge in [0, 0.05) is 4.47 Å². The zero-order valence-corrected chi connectivity index (χ0v) is 15.4. The number of carboxylic acid groups (broad SMARTS) is 1. The van der Waals surface area contributed by atoms with E-state index in [1.165, 1.54) is 0 Å². The Morgan fingerprint density at radius 3 is 2.38 bits per heavy atom. The van der Waals surface area contributed by atoms with Crippen molar-refractivity contribution in [3.63, 3.8) is 0 Å². The number of aliphatic carboxylic acids is 1. The van der Waals surface area contributed by atoms with E-state index in [2.05, 4.69) is 22.9 Å². The van der Waals surface area contributed by atoms with Crippen LogP contribution in [0.25, 0.3) is 11.1 Å². The molecule has 2 N–H and O–H groups in total. The van der Waals surface area contributed by atoms with Gasteiger partial charge in [-0.3, -0.25) is 0 Å². The van der Waals surface area contributed by atoms with E-state index in [4.69, 9.17) is 0 Å². The lowest BCUT2D eigenvalue weighted by atomic mass is 9.87. The van der Waals surface area contributed by atoms with Gasteiger partial charge in [0.15, 0.2) is 5.60 Å². The lowest BCUT2D eigenvalue weighted by Gasteiger charge is -2.24. The van der Waals surface area contributed by atoms with Crippen LogP contribution in [-0.4, -0.2) is 16.2 Å². The molecular weight excluding hydrogens is 368 g/mol. The molecule has 2 aromatic rings. The molecule has 0 aromatic heterocycles. The molecule has 2 rings (SSSR count). The van der Waals surface area contributed by atoms with Crippen LogP contribution in [0.1, 0.15) is 44.6 Å². The molecular formula is C20H23BrO3. The molecule has 0 saturated heterocycles. The second-order valence-electron chi connectivity index (χ2n) is 6.04. The van der Waals surface area contributed by atoms with Gasteiger partial charge in [-0.15, -0.1) is 0 Å². The smallest absolute Gasteiger partial charge is 0.340 e. The van der Waals surface area contributed by atoms with Crippen LogP contribution in [0, 0.1) is 0 Å². The third-order valence-electron chi connectivity index (χ3n) is 4.28. The lowest BCUT2D eigenvalue weighted by Crippen LogP contribution is -2.35. The maximum Gasteiger partial charge on any atom is 0.340 e. The van der Waals surface area contributed by atoms with E-state index in [9.17, 15) is 15.0 Å². The van der Waals surface area contributed by atoms with E-state index >= 15 is 0 Å². The van der Waals surface area contributed by atoms with Crippen molar-refractivity contribution < 1.29 is 15.0 Å². The maximum atomic E-state index is 11.7. The zero-order valence-electron chi connectivity index (χ0n) is 13.8. The molecule has 0 aliphatic rings. The van der Waals surface area contributed by atoms with Crippen molar-refractivity contribution in [1.82, 2.24) is 0 Å². The Morgan fingerprint density at radius 2 is 1.79 bits per heavy atom. The summed E-state index contributed by atoms with van der Waals surface area (Å²) in [7, 11) is 0. The van der Waals surface area contributed by atoms with Gasteiger partial charge in [-0.25, -0.2) is 4.79 Å². The molecule has 0 bridgehead atoms. The number of benzene rings is 2. The zero-order chi connectivity index (χ0) is 17.6. The van der Waals surface area contributed by atoms with Gasteiger partial charge in [0.2, 0.25) is 0 Å². The molecule has 0 aliphatic carbocycles. The molecule has 0 fully saturated rings. The topological polar surface area (TPSA) is 57.5 Å². The molecule has 0 amide bonds. The van der Waals surface area contributed by atoms with Gasteiger partial charge >= 0.3 is 5.97 Å². The number of rotatable bonds is 8. The number of unbranched alkanes of at least 4 members (excludes halogenated alkanes) is 3. The van der Waals surface area contributed by atoms with Crippen molar-refractivity contribution in [2.24, 2.45) is 0 Å². The molecule has 2 aromatic carbocycles. The summed E-state index contributed by atoms with van der Waals surface area (Å²) in [6, 6.07) is 15.1. The van der Waals surface area contributed by atoms with Crippen molar-refractivity contribution in [3.8, 4) is 11.1 Å². The van der Waals surface area contributed by atoms with E-state index in [-0.39, 0.29) is 6.42 Å². The second-order valence-corrected chi connectivity index (χ2v) is 6.89. The first-order valence-corrected chi connectivity index (χ1v) is 9.09. The number of aliphatic hydroxyl groups is 1.